The molecule has 0 unspecified atom stereocenters. The van der Waals surface area contributed by atoms with E-state index in [-0.39, 0.29) is 5.91 Å². The number of nitrogens with one attached hydrogen (secondary N) is 1. The van der Waals surface area contributed by atoms with E-state index in [9.17, 15) is 4.79 Å². The molecule has 0 radical (unpaired) electrons. The van der Waals surface area contributed by atoms with Crippen molar-refractivity contribution in [3.63, 3.8) is 0 Å². The molecule has 0 saturated heterocycles. The molecule has 0 fully saturated rings. The van der Waals surface area contributed by atoms with Gasteiger partial charge in [0.1, 0.15) is 0 Å². The highest BCUT2D eigenvalue weighted by atomic mass is 16.1. The highest BCUT2D eigenvalue weighted by Crippen LogP contribution is 2.12. The van der Waals surface area contributed by atoms with E-state index in [1.165, 1.54) is 0 Å². The Balaban J connectivity index is 2.23. The van der Waals surface area contributed by atoms with Crippen molar-refractivity contribution in [2.75, 3.05) is 5.32 Å². The number of nitrogens with zero attached hydrogens (tertiary/aromatic N) is 2. The summed E-state index contributed by atoms with van der Waals surface area (Å²) in [5.41, 5.74) is 2.64. The van der Waals surface area contributed by atoms with Gasteiger partial charge in [0, 0.05) is 18.0 Å². The molecule has 17 heavy (non-hydrogen) atoms. The van der Waals surface area contributed by atoms with Gasteiger partial charge in [-0.2, -0.15) is 0 Å². The van der Waals surface area contributed by atoms with Crippen LogP contribution in [0.3, 0.4) is 0 Å². The zero-order valence-corrected chi connectivity index (χ0v) is 9.77. The minimum atomic E-state index is -0.183. The smallest absolute Gasteiger partial charge is 0.258 e. The van der Waals surface area contributed by atoms with Crippen LogP contribution in [0.1, 0.15) is 21.5 Å². The molecule has 2 rings (SSSR count). The number of amides is 1. The molecule has 0 bridgehead atoms. The minimum Gasteiger partial charge on any atom is -0.290 e. The van der Waals surface area contributed by atoms with Crippen molar-refractivity contribution in [3.05, 3.63) is 53.3 Å². The molecule has 86 valence electrons. The van der Waals surface area contributed by atoms with Crippen molar-refractivity contribution in [2.45, 2.75) is 13.8 Å². The van der Waals surface area contributed by atoms with Gasteiger partial charge in [-0.05, 0) is 31.5 Å². The molecule has 4 nitrogen and oxygen atoms in total. The molecule has 0 aliphatic heterocycles. The van der Waals surface area contributed by atoms with E-state index >= 15 is 0 Å². The second-order valence-corrected chi connectivity index (χ2v) is 3.84. The third-order valence-corrected chi connectivity index (χ3v) is 2.43. The van der Waals surface area contributed by atoms with E-state index in [0.29, 0.717) is 11.5 Å². The highest BCUT2D eigenvalue weighted by molar-refractivity contribution is 6.04. The Kier molecular flexibility index (Phi) is 3.14. The molecule has 1 amide bonds. The maximum atomic E-state index is 12.0. The number of benzene rings is 1. The number of anilines is 1. The number of aryl methyl sites for hydroxylation is 2. The van der Waals surface area contributed by atoms with Gasteiger partial charge in [-0.1, -0.05) is 17.7 Å². The fourth-order valence-corrected chi connectivity index (χ4v) is 1.51. The Bertz CT molecular complexity index is 538. The van der Waals surface area contributed by atoms with Gasteiger partial charge in [0.2, 0.25) is 5.95 Å². The highest BCUT2D eigenvalue weighted by Gasteiger charge is 2.10. The number of hydrogen-bond acceptors (Lipinski definition) is 3. The maximum absolute atomic E-state index is 12.0. The summed E-state index contributed by atoms with van der Waals surface area (Å²) in [7, 11) is 0. The van der Waals surface area contributed by atoms with E-state index in [1.807, 2.05) is 32.0 Å². The van der Waals surface area contributed by atoms with Crippen LogP contribution in [-0.2, 0) is 0 Å². The van der Waals surface area contributed by atoms with E-state index in [1.54, 1.807) is 18.5 Å². The lowest BCUT2D eigenvalue weighted by Crippen LogP contribution is -2.15. The molecule has 1 aromatic heterocycles. The van der Waals surface area contributed by atoms with Crippen LogP contribution in [0.4, 0.5) is 5.95 Å². The lowest BCUT2D eigenvalue weighted by molar-refractivity contribution is 0.102. The summed E-state index contributed by atoms with van der Waals surface area (Å²) in [4.78, 5) is 19.9. The lowest BCUT2D eigenvalue weighted by atomic mass is 10.1. The van der Waals surface area contributed by atoms with Crippen LogP contribution < -0.4 is 5.32 Å². The molecule has 1 aromatic carbocycles. The molecule has 0 aliphatic rings. The predicted molar refractivity (Wildman–Crippen MR) is 65.9 cm³/mol. The van der Waals surface area contributed by atoms with Gasteiger partial charge >= 0.3 is 0 Å². The van der Waals surface area contributed by atoms with Crippen LogP contribution in [0.15, 0.2) is 36.7 Å². The van der Waals surface area contributed by atoms with E-state index in [2.05, 4.69) is 15.3 Å². The van der Waals surface area contributed by atoms with Gasteiger partial charge < -0.3 is 0 Å². The second kappa shape index (κ2) is 4.74. The van der Waals surface area contributed by atoms with Crippen LogP contribution in [0, 0.1) is 13.8 Å². The molecular formula is C13H13N3O. The third-order valence-electron chi connectivity index (χ3n) is 2.43. The molecule has 4 heteroatoms. The van der Waals surface area contributed by atoms with Crippen molar-refractivity contribution in [3.8, 4) is 0 Å². The summed E-state index contributed by atoms with van der Waals surface area (Å²) < 4.78 is 0. The van der Waals surface area contributed by atoms with E-state index < -0.39 is 0 Å². The zero-order valence-electron chi connectivity index (χ0n) is 9.77. The quantitative estimate of drug-likeness (QED) is 0.856. The standard InChI is InChI=1S/C13H13N3O/c1-9-4-5-10(2)11(8-9)12(17)16-13-14-6-3-7-15-13/h3-8H,1-2H3,(H,14,15,16,17). The summed E-state index contributed by atoms with van der Waals surface area (Å²) in [6, 6.07) is 7.46. The fraction of sp³-hybridized carbons (Fsp3) is 0.154. The molecule has 0 atom stereocenters. The SMILES string of the molecule is Cc1ccc(C)c(C(=O)Nc2ncccn2)c1. The molecule has 0 spiro atoms. The fourth-order valence-electron chi connectivity index (χ4n) is 1.51. The first-order chi connectivity index (χ1) is 8.16. The predicted octanol–water partition coefficient (Wildman–Crippen LogP) is 2.35. The normalized spacial score (nSPS) is 10.0. The van der Waals surface area contributed by atoms with Crippen LogP contribution >= 0.6 is 0 Å². The molecular weight excluding hydrogens is 214 g/mol. The summed E-state index contributed by atoms with van der Waals surface area (Å²) >= 11 is 0. The average Bonchev–Trinajstić information content (AvgIpc) is 2.33. The Hall–Kier alpha value is -2.23. The van der Waals surface area contributed by atoms with Crippen molar-refractivity contribution in [2.24, 2.45) is 0 Å². The molecule has 0 saturated carbocycles. The van der Waals surface area contributed by atoms with Gasteiger partial charge in [-0.25, -0.2) is 9.97 Å². The van der Waals surface area contributed by atoms with Crippen LogP contribution in [0.25, 0.3) is 0 Å². The van der Waals surface area contributed by atoms with Gasteiger partial charge in [0.05, 0.1) is 0 Å². The van der Waals surface area contributed by atoms with Gasteiger partial charge in [-0.15, -0.1) is 0 Å². The summed E-state index contributed by atoms with van der Waals surface area (Å²) in [5, 5.41) is 2.67. The first-order valence-electron chi connectivity index (χ1n) is 5.32. The van der Waals surface area contributed by atoms with Crippen molar-refractivity contribution in [1.82, 2.24) is 9.97 Å². The molecule has 1 N–H and O–H groups in total. The monoisotopic (exact) mass is 227 g/mol. The second-order valence-electron chi connectivity index (χ2n) is 3.84. The summed E-state index contributed by atoms with van der Waals surface area (Å²) in [6.07, 6.45) is 3.18. The minimum absolute atomic E-state index is 0.183. The summed E-state index contributed by atoms with van der Waals surface area (Å²) in [5.74, 6) is 0.135. The molecule has 1 heterocycles. The number of carbonyl (C=O) groups is 1. The number of aromatic nitrogens is 2. The van der Waals surface area contributed by atoms with Gasteiger partial charge in [-0.3, -0.25) is 10.1 Å². The number of hydrogen-bond donors (Lipinski definition) is 1. The maximum Gasteiger partial charge on any atom is 0.258 e. The zero-order chi connectivity index (χ0) is 12.3. The Morgan fingerprint density at radius 1 is 1.18 bits per heavy atom. The van der Waals surface area contributed by atoms with E-state index in [0.717, 1.165) is 11.1 Å². The lowest BCUT2D eigenvalue weighted by Gasteiger charge is -2.06. The molecule has 0 aliphatic carbocycles. The van der Waals surface area contributed by atoms with Crippen LogP contribution in [-0.4, -0.2) is 15.9 Å². The van der Waals surface area contributed by atoms with Crippen molar-refractivity contribution >= 4 is 11.9 Å². The van der Waals surface area contributed by atoms with E-state index in [4.69, 9.17) is 0 Å². The Labute approximate surface area is 99.7 Å². The number of carbonyl (C=O) groups excluding carboxylic acids is 1. The summed E-state index contributed by atoms with van der Waals surface area (Å²) in [6.45, 7) is 3.86. The first-order valence-corrected chi connectivity index (χ1v) is 5.32. The van der Waals surface area contributed by atoms with Gasteiger partial charge in [0.25, 0.3) is 5.91 Å². The topological polar surface area (TPSA) is 54.9 Å². The Morgan fingerprint density at radius 2 is 1.88 bits per heavy atom. The Morgan fingerprint density at radius 3 is 2.59 bits per heavy atom. The average molecular weight is 227 g/mol. The van der Waals surface area contributed by atoms with Crippen molar-refractivity contribution < 1.29 is 4.79 Å². The van der Waals surface area contributed by atoms with Crippen LogP contribution in [0.5, 0.6) is 0 Å². The first kappa shape index (κ1) is 11.3. The third kappa shape index (κ3) is 2.66. The largest absolute Gasteiger partial charge is 0.290 e. The molecule has 2 aromatic rings. The number of rotatable bonds is 2. The van der Waals surface area contributed by atoms with Crippen LogP contribution in [0.2, 0.25) is 0 Å². The van der Waals surface area contributed by atoms with Gasteiger partial charge in [0.15, 0.2) is 0 Å². The van der Waals surface area contributed by atoms with Crippen molar-refractivity contribution in [1.29, 1.82) is 0 Å².